The van der Waals surface area contributed by atoms with Crippen LogP contribution in [0.1, 0.15) is 21.1 Å². The summed E-state index contributed by atoms with van der Waals surface area (Å²) in [6.45, 7) is 0. The Morgan fingerprint density at radius 1 is 1.46 bits per heavy atom. The Labute approximate surface area is 79.4 Å². The first-order chi connectivity index (χ1) is 6.19. The second-order valence-electron chi connectivity index (χ2n) is 2.21. The van der Waals surface area contributed by atoms with Crippen LogP contribution in [0.3, 0.4) is 0 Å². The van der Waals surface area contributed by atoms with Gasteiger partial charge in [-0.05, 0) is 12.1 Å². The maximum atomic E-state index is 11.0. The Morgan fingerprint density at radius 3 is 2.62 bits per heavy atom. The van der Waals surface area contributed by atoms with Crippen molar-refractivity contribution in [2.75, 3.05) is 13.0 Å². The molecule has 0 aliphatic rings. The first kappa shape index (κ1) is 9.80. The van der Waals surface area contributed by atoms with Crippen molar-refractivity contribution in [2.24, 2.45) is 0 Å². The van der Waals surface area contributed by atoms with E-state index in [0.29, 0.717) is 0 Å². The third kappa shape index (κ3) is 2.09. The number of rotatable bonds is 3. The number of carbonyl (C=O) groups is 2. The fourth-order valence-electron chi connectivity index (χ4n) is 0.764. The number of carbonyl (C=O) groups excluding carboxylic acids is 2. The zero-order chi connectivity index (χ0) is 9.84. The molecule has 70 valence electrons. The van der Waals surface area contributed by atoms with Gasteiger partial charge in [0.1, 0.15) is 0 Å². The molecular weight excluding hydrogens is 196 g/mol. The lowest BCUT2D eigenvalue weighted by Crippen LogP contribution is -2.00. The molecule has 1 rings (SSSR count). The highest BCUT2D eigenvalue weighted by Gasteiger charge is 2.14. The molecule has 0 N–H and O–H groups in total. The predicted octanol–water partition coefficient (Wildman–Crippen LogP) is 1.49. The average molecular weight is 203 g/mol. The molecule has 0 saturated heterocycles. The highest BCUT2D eigenvalue weighted by molar-refractivity contribution is 6.30. The summed E-state index contributed by atoms with van der Waals surface area (Å²) in [5.41, 5.74) is 0. The van der Waals surface area contributed by atoms with Gasteiger partial charge in [-0.3, -0.25) is 4.79 Å². The van der Waals surface area contributed by atoms with Crippen LogP contribution in [-0.2, 0) is 4.74 Å². The van der Waals surface area contributed by atoms with Crippen LogP contribution in [0.15, 0.2) is 16.5 Å². The molecule has 0 radical (unpaired) electrons. The van der Waals surface area contributed by atoms with Gasteiger partial charge in [0.05, 0.1) is 13.0 Å². The standard InChI is InChI=1S/C8H7ClO4/c1-12-8(11)7-3-2-6(13-7)5(10)4-9/h2-3H,4H2,1H3. The Kier molecular flexibility index (Phi) is 3.08. The second-order valence-corrected chi connectivity index (χ2v) is 2.48. The molecule has 1 aromatic rings. The summed E-state index contributed by atoms with van der Waals surface area (Å²) >= 11 is 5.28. The SMILES string of the molecule is COC(=O)c1ccc(C(=O)CCl)o1. The van der Waals surface area contributed by atoms with Crippen molar-refractivity contribution in [3.63, 3.8) is 0 Å². The van der Waals surface area contributed by atoms with Crippen molar-refractivity contribution in [1.82, 2.24) is 0 Å². The zero-order valence-electron chi connectivity index (χ0n) is 6.87. The maximum Gasteiger partial charge on any atom is 0.373 e. The summed E-state index contributed by atoms with van der Waals surface area (Å²) in [7, 11) is 1.23. The second kappa shape index (κ2) is 4.09. The lowest BCUT2D eigenvalue weighted by atomic mass is 10.3. The fraction of sp³-hybridized carbons (Fsp3) is 0.250. The maximum absolute atomic E-state index is 11.0. The van der Waals surface area contributed by atoms with E-state index in [9.17, 15) is 9.59 Å². The Balaban J connectivity index is 2.86. The fourth-order valence-corrected chi connectivity index (χ4v) is 0.896. The first-order valence-electron chi connectivity index (χ1n) is 3.46. The zero-order valence-corrected chi connectivity index (χ0v) is 7.63. The van der Waals surface area contributed by atoms with Gasteiger partial charge in [0.25, 0.3) is 0 Å². The van der Waals surface area contributed by atoms with E-state index < -0.39 is 5.97 Å². The number of alkyl halides is 1. The molecular formula is C8H7ClO4. The van der Waals surface area contributed by atoms with Crippen molar-refractivity contribution in [1.29, 1.82) is 0 Å². The van der Waals surface area contributed by atoms with E-state index in [2.05, 4.69) is 4.74 Å². The van der Waals surface area contributed by atoms with Crippen LogP contribution >= 0.6 is 11.6 Å². The number of hydrogen-bond donors (Lipinski definition) is 0. The highest BCUT2D eigenvalue weighted by Crippen LogP contribution is 2.10. The molecule has 5 heteroatoms. The average Bonchev–Trinajstić information content (AvgIpc) is 2.64. The van der Waals surface area contributed by atoms with Crippen LogP contribution in [-0.4, -0.2) is 24.7 Å². The molecule has 0 unspecified atom stereocenters. The van der Waals surface area contributed by atoms with Gasteiger partial charge in [0.2, 0.25) is 11.5 Å². The van der Waals surface area contributed by atoms with Crippen LogP contribution in [0.4, 0.5) is 0 Å². The van der Waals surface area contributed by atoms with Crippen LogP contribution in [0.25, 0.3) is 0 Å². The number of Topliss-reactive ketones (excluding diaryl/α,β-unsaturated/α-hetero) is 1. The highest BCUT2D eigenvalue weighted by atomic mass is 35.5. The first-order valence-corrected chi connectivity index (χ1v) is 3.99. The molecule has 13 heavy (non-hydrogen) atoms. The number of ether oxygens (including phenoxy) is 1. The van der Waals surface area contributed by atoms with E-state index >= 15 is 0 Å². The molecule has 1 aromatic heterocycles. The summed E-state index contributed by atoms with van der Waals surface area (Å²) in [6, 6.07) is 2.75. The molecule has 0 aliphatic carbocycles. The minimum absolute atomic E-state index is 0.00373. The number of hydrogen-bond acceptors (Lipinski definition) is 4. The Hall–Kier alpha value is -1.29. The van der Waals surface area contributed by atoms with Gasteiger partial charge >= 0.3 is 5.97 Å². The third-order valence-corrected chi connectivity index (χ3v) is 1.63. The Bertz CT molecular complexity index is 298. The number of methoxy groups -OCH3 is 1. The monoisotopic (exact) mass is 202 g/mol. The lowest BCUT2D eigenvalue weighted by Gasteiger charge is -1.92. The molecule has 0 aromatic carbocycles. The Morgan fingerprint density at radius 2 is 2.08 bits per heavy atom. The number of esters is 1. The molecule has 4 nitrogen and oxygen atoms in total. The van der Waals surface area contributed by atoms with Gasteiger partial charge in [-0.25, -0.2) is 4.79 Å². The summed E-state index contributed by atoms with van der Waals surface area (Å²) in [6.07, 6.45) is 0. The molecule has 0 saturated carbocycles. The number of halogens is 1. The van der Waals surface area contributed by atoms with Crippen molar-refractivity contribution in [2.45, 2.75) is 0 Å². The van der Waals surface area contributed by atoms with Crippen molar-refractivity contribution < 1.29 is 18.7 Å². The molecule has 0 spiro atoms. The topological polar surface area (TPSA) is 56.5 Å². The van der Waals surface area contributed by atoms with Gasteiger partial charge in [0, 0.05) is 0 Å². The van der Waals surface area contributed by atoms with Crippen molar-refractivity contribution in [3.05, 3.63) is 23.7 Å². The number of furan rings is 1. The smallest absolute Gasteiger partial charge is 0.373 e. The molecule has 0 atom stereocenters. The van der Waals surface area contributed by atoms with Gasteiger partial charge < -0.3 is 9.15 Å². The van der Waals surface area contributed by atoms with Crippen molar-refractivity contribution in [3.8, 4) is 0 Å². The molecule has 0 bridgehead atoms. The normalized spacial score (nSPS) is 9.69. The summed E-state index contributed by atoms with van der Waals surface area (Å²) in [5, 5.41) is 0. The summed E-state index contributed by atoms with van der Waals surface area (Å²) in [5.74, 6) is -1.09. The van der Waals surface area contributed by atoms with E-state index in [-0.39, 0.29) is 23.2 Å². The van der Waals surface area contributed by atoms with E-state index in [1.807, 2.05) is 0 Å². The van der Waals surface area contributed by atoms with E-state index in [1.165, 1.54) is 19.2 Å². The predicted molar refractivity (Wildman–Crippen MR) is 45.1 cm³/mol. The molecule has 0 aliphatic heterocycles. The summed E-state index contributed by atoms with van der Waals surface area (Å²) in [4.78, 5) is 21.8. The molecule has 1 heterocycles. The van der Waals surface area contributed by atoms with Gasteiger partial charge in [-0.2, -0.15) is 0 Å². The number of ketones is 1. The quantitative estimate of drug-likeness (QED) is 0.423. The molecule has 0 fully saturated rings. The lowest BCUT2D eigenvalue weighted by molar-refractivity contribution is 0.0563. The van der Waals surface area contributed by atoms with Crippen LogP contribution in [0.2, 0.25) is 0 Å². The largest absolute Gasteiger partial charge is 0.463 e. The van der Waals surface area contributed by atoms with E-state index in [4.69, 9.17) is 16.0 Å². The molecule has 0 amide bonds. The van der Waals surface area contributed by atoms with Gasteiger partial charge in [-0.15, -0.1) is 11.6 Å². The minimum atomic E-state index is -0.617. The summed E-state index contributed by atoms with van der Waals surface area (Å²) < 4.78 is 9.27. The minimum Gasteiger partial charge on any atom is -0.463 e. The van der Waals surface area contributed by atoms with Crippen molar-refractivity contribution >= 4 is 23.4 Å². The van der Waals surface area contributed by atoms with Crippen LogP contribution in [0, 0.1) is 0 Å². The van der Waals surface area contributed by atoms with E-state index in [1.54, 1.807) is 0 Å². The van der Waals surface area contributed by atoms with Crippen LogP contribution in [0.5, 0.6) is 0 Å². The van der Waals surface area contributed by atoms with E-state index in [0.717, 1.165) is 0 Å². The van der Waals surface area contributed by atoms with Gasteiger partial charge in [0.15, 0.2) is 5.76 Å². The van der Waals surface area contributed by atoms with Crippen LogP contribution < -0.4 is 0 Å². The third-order valence-electron chi connectivity index (χ3n) is 1.39. The van der Waals surface area contributed by atoms with Gasteiger partial charge in [-0.1, -0.05) is 0 Å².